The third-order valence-electron chi connectivity index (χ3n) is 3.71. The van der Waals surface area contributed by atoms with Gasteiger partial charge in [-0.2, -0.15) is 10.1 Å². The number of carbonyl (C=O) groups excluding carboxylic acids is 2. The van der Waals surface area contributed by atoms with Crippen molar-refractivity contribution in [3.8, 4) is 0 Å². The van der Waals surface area contributed by atoms with Crippen molar-refractivity contribution in [2.45, 2.75) is 20.3 Å². The van der Waals surface area contributed by atoms with Crippen LogP contribution < -0.4 is 5.32 Å². The fourth-order valence-corrected chi connectivity index (χ4v) is 2.58. The van der Waals surface area contributed by atoms with Crippen LogP contribution in [-0.2, 0) is 20.7 Å². The molecule has 134 valence electrons. The van der Waals surface area contributed by atoms with Gasteiger partial charge in [0.05, 0.1) is 12.1 Å². The Bertz CT molecular complexity index is 987. The summed E-state index contributed by atoms with van der Waals surface area (Å²) in [4.78, 5) is 36.1. The van der Waals surface area contributed by atoms with Crippen LogP contribution in [-0.4, -0.2) is 43.0 Å². The first kappa shape index (κ1) is 17.7. The highest BCUT2D eigenvalue weighted by Gasteiger charge is 2.16. The number of amides is 1. The van der Waals surface area contributed by atoms with E-state index in [1.807, 2.05) is 6.92 Å². The van der Waals surface area contributed by atoms with E-state index in [4.69, 9.17) is 16.3 Å². The molecule has 3 rings (SSSR count). The molecule has 0 aliphatic carbocycles. The van der Waals surface area contributed by atoms with Gasteiger partial charge in [-0.25, -0.2) is 14.5 Å². The van der Waals surface area contributed by atoms with E-state index < -0.39 is 18.5 Å². The summed E-state index contributed by atoms with van der Waals surface area (Å²) >= 11 is 5.86. The molecule has 0 atom stereocenters. The van der Waals surface area contributed by atoms with Crippen molar-refractivity contribution >= 4 is 34.9 Å². The van der Waals surface area contributed by atoms with E-state index in [9.17, 15) is 9.59 Å². The molecule has 1 N–H and O–H groups in total. The molecule has 0 fully saturated rings. The number of aryl methyl sites for hydroxylation is 2. The molecule has 3 aromatic heterocycles. The molecule has 0 bridgehead atoms. The predicted molar refractivity (Wildman–Crippen MR) is 92.8 cm³/mol. The monoisotopic (exact) mass is 374 g/mol. The van der Waals surface area contributed by atoms with Gasteiger partial charge in [-0.1, -0.05) is 11.6 Å². The van der Waals surface area contributed by atoms with E-state index >= 15 is 0 Å². The third-order valence-corrected chi connectivity index (χ3v) is 4.01. The zero-order chi connectivity index (χ0) is 18.7. The molecular formula is C16H15ClN6O3. The van der Waals surface area contributed by atoms with Crippen LogP contribution in [0, 0.1) is 13.8 Å². The van der Waals surface area contributed by atoms with Crippen molar-refractivity contribution in [3.63, 3.8) is 0 Å². The Labute approximate surface area is 153 Å². The maximum absolute atomic E-state index is 12.1. The van der Waals surface area contributed by atoms with E-state index in [-0.39, 0.29) is 11.6 Å². The van der Waals surface area contributed by atoms with E-state index in [0.717, 1.165) is 5.69 Å². The van der Waals surface area contributed by atoms with Crippen molar-refractivity contribution in [1.29, 1.82) is 0 Å². The maximum Gasteiger partial charge on any atom is 0.310 e. The second-order valence-electron chi connectivity index (χ2n) is 5.46. The van der Waals surface area contributed by atoms with E-state index in [1.165, 1.54) is 12.5 Å². The molecule has 3 aromatic rings. The Morgan fingerprint density at radius 1 is 1.31 bits per heavy atom. The third kappa shape index (κ3) is 3.77. The summed E-state index contributed by atoms with van der Waals surface area (Å²) in [6.45, 7) is 3.17. The molecule has 3 heterocycles. The lowest BCUT2D eigenvalue weighted by Gasteiger charge is -2.10. The van der Waals surface area contributed by atoms with Crippen LogP contribution in [0.25, 0.3) is 5.78 Å². The van der Waals surface area contributed by atoms with Crippen molar-refractivity contribution < 1.29 is 14.3 Å². The summed E-state index contributed by atoms with van der Waals surface area (Å²) in [6, 6.07) is 3.23. The van der Waals surface area contributed by atoms with Crippen molar-refractivity contribution in [2.75, 3.05) is 11.9 Å². The first-order chi connectivity index (χ1) is 12.5. The minimum Gasteiger partial charge on any atom is -0.455 e. The fraction of sp³-hybridized carbons (Fsp3) is 0.250. The van der Waals surface area contributed by atoms with Crippen molar-refractivity contribution in [2.24, 2.45) is 0 Å². The number of rotatable bonds is 5. The van der Waals surface area contributed by atoms with Gasteiger partial charge in [-0.3, -0.25) is 9.59 Å². The second kappa shape index (κ2) is 7.44. The van der Waals surface area contributed by atoms with E-state index in [2.05, 4.69) is 25.4 Å². The summed E-state index contributed by atoms with van der Waals surface area (Å²) in [5, 5.41) is 6.75. The molecule has 0 spiro atoms. The number of halogens is 1. The first-order valence-corrected chi connectivity index (χ1v) is 8.05. The summed E-state index contributed by atoms with van der Waals surface area (Å²) < 4.78 is 6.58. The Hall–Kier alpha value is -3.07. The van der Waals surface area contributed by atoms with E-state index in [0.29, 0.717) is 22.7 Å². The number of anilines is 1. The Morgan fingerprint density at radius 2 is 2.12 bits per heavy atom. The highest BCUT2D eigenvalue weighted by Crippen LogP contribution is 2.17. The Balaban J connectivity index is 1.61. The van der Waals surface area contributed by atoms with Gasteiger partial charge in [0.1, 0.15) is 6.33 Å². The van der Waals surface area contributed by atoms with Crippen molar-refractivity contribution in [1.82, 2.24) is 24.6 Å². The molecule has 1 amide bonds. The number of pyridine rings is 1. The average Bonchev–Trinajstić information content (AvgIpc) is 3.07. The highest BCUT2D eigenvalue weighted by molar-refractivity contribution is 6.32. The number of nitrogens with zero attached hydrogens (tertiary/aromatic N) is 5. The van der Waals surface area contributed by atoms with Gasteiger partial charge in [0, 0.05) is 23.1 Å². The van der Waals surface area contributed by atoms with Crippen LogP contribution in [0.5, 0.6) is 0 Å². The number of hydrogen-bond donors (Lipinski definition) is 1. The molecule has 0 aliphatic rings. The number of aromatic nitrogens is 5. The minimum absolute atomic E-state index is 0.0264. The molecule has 26 heavy (non-hydrogen) atoms. The standard InChI is InChI=1S/C16H15ClN6O3/c1-9-11(10(2)23-16(21-9)19-8-20-23)6-14(25)26-7-13(24)22-12-4-3-5-18-15(12)17/h3-5,8H,6-7H2,1-2H3,(H,22,24). The van der Waals surface area contributed by atoms with Crippen molar-refractivity contribution in [3.05, 3.63) is 46.8 Å². The molecule has 0 unspecified atom stereocenters. The topological polar surface area (TPSA) is 111 Å². The smallest absolute Gasteiger partial charge is 0.310 e. The van der Waals surface area contributed by atoms with Crippen LogP contribution >= 0.6 is 11.6 Å². The van der Waals surface area contributed by atoms with Gasteiger partial charge in [0.25, 0.3) is 11.7 Å². The summed E-state index contributed by atoms with van der Waals surface area (Å²) in [5.74, 6) is -0.596. The predicted octanol–water partition coefficient (Wildman–Crippen LogP) is 1.51. The fourth-order valence-electron chi connectivity index (χ4n) is 2.42. The Morgan fingerprint density at radius 3 is 2.88 bits per heavy atom. The van der Waals surface area contributed by atoms with Gasteiger partial charge >= 0.3 is 5.97 Å². The normalized spacial score (nSPS) is 10.7. The molecule has 10 heteroatoms. The average molecular weight is 375 g/mol. The first-order valence-electron chi connectivity index (χ1n) is 7.67. The summed E-state index contributed by atoms with van der Waals surface area (Å²) in [5.41, 5.74) is 2.44. The largest absolute Gasteiger partial charge is 0.455 e. The number of esters is 1. The second-order valence-corrected chi connectivity index (χ2v) is 5.82. The number of nitrogens with one attached hydrogen (secondary N) is 1. The lowest BCUT2D eigenvalue weighted by atomic mass is 10.1. The van der Waals surface area contributed by atoms with Gasteiger partial charge in [-0.15, -0.1) is 0 Å². The summed E-state index contributed by atoms with van der Waals surface area (Å²) in [6.07, 6.45) is 2.87. The minimum atomic E-state index is -0.551. The quantitative estimate of drug-likeness (QED) is 0.532. The van der Waals surface area contributed by atoms with Crippen LogP contribution in [0.15, 0.2) is 24.7 Å². The van der Waals surface area contributed by atoms with Gasteiger partial charge in [0.2, 0.25) is 0 Å². The molecule has 0 aromatic carbocycles. The molecular weight excluding hydrogens is 360 g/mol. The van der Waals surface area contributed by atoms with E-state index in [1.54, 1.807) is 23.6 Å². The SMILES string of the molecule is Cc1nc2ncnn2c(C)c1CC(=O)OCC(=O)Nc1cccnc1Cl. The molecule has 0 aliphatic heterocycles. The molecule has 0 saturated carbocycles. The van der Waals surface area contributed by atoms with Crippen LogP contribution in [0.4, 0.5) is 5.69 Å². The van der Waals surface area contributed by atoms with Gasteiger partial charge < -0.3 is 10.1 Å². The van der Waals surface area contributed by atoms with Crippen LogP contribution in [0.3, 0.4) is 0 Å². The Kier molecular flexibility index (Phi) is 5.08. The highest BCUT2D eigenvalue weighted by atomic mass is 35.5. The molecule has 0 saturated heterocycles. The van der Waals surface area contributed by atoms with Gasteiger partial charge in [-0.05, 0) is 26.0 Å². The number of ether oxygens (including phenoxy) is 1. The maximum atomic E-state index is 12.1. The van der Waals surface area contributed by atoms with Gasteiger partial charge in [0.15, 0.2) is 11.8 Å². The lowest BCUT2D eigenvalue weighted by molar-refractivity contribution is -0.146. The lowest BCUT2D eigenvalue weighted by Crippen LogP contribution is -2.22. The zero-order valence-corrected chi connectivity index (χ0v) is 14.8. The zero-order valence-electron chi connectivity index (χ0n) is 14.1. The molecule has 9 nitrogen and oxygen atoms in total. The number of hydrogen-bond acceptors (Lipinski definition) is 7. The number of fused-ring (bicyclic) bond motifs is 1. The summed E-state index contributed by atoms with van der Waals surface area (Å²) in [7, 11) is 0. The van der Waals surface area contributed by atoms with Crippen LogP contribution in [0.1, 0.15) is 17.0 Å². The van der Waals surface area contributed by atoms with Crippen LogP contribution in [0.2, 0.25) is 5.15 Å². The number of carbonyl (C=O) groups is 2. The molecule has 0 radical (unpaired) electrons.